The van der Waals surface area contributed by atoms with Gasteiger partial charge in [0.15, 0.2) is 0 Å². The molecular formula is C13H18FN3O. The van der Waals surface area contributed by atoms with Gasteiger partial charge in [0.25, 0.3) is 5.91 Å². The molecule has 1 unspecified atom stereocenters. The zero-order valence-corrected chi connectivity index (χ0v) is 10.4. The number of carbonyl (C=O) groups excluding carboxylic acids is 1. The van der Waals surface area contributed by atoms with Gasteiger partial charge in [0.2, 0.25) is 0 Å². The first-order valence-corrected chi connectivity index (χ1v) is 6.04. The molecule has 1 aromatic rings. The predicted octanol–water partition coefficient (Wildman–Crippen LogP) is 1.46. The highest BCUT2D eigenvalue weighted by Crippen LogP contribution is 2.41. The third kappa shape index (κ3) is 2.46. The zero-order valence-electron chi connectivity index (χ0n) is 10.4. The molecule has 0 bridgehead atoms. The second-order valence-corrected chi connectivity index (χ2v) is 5.08. The number of carbonyl (C=O) groups is 1. The van der Waals surface area contributed by atoms with Gasteiger partial charge in [-0.1, -0.05) is 0 Å². The van der Waals surface area contributed by atoms with E-state index in [1.807, 2.05) is 6.92 Å². The molecule has 4 nitrogen and oxygen atoms in total. The summed E-state index contributed by atoms with van der Waals surface area (Å²) in [5, 5.41) is 3.25. The molecule has 0 saturated heterocycles. The van der Waals surface area contributed by atoms with Crippen LogP contribution in [-0.2, 0) is 0 Å². The molecule has 1 aromatic carbocycles. The van der Waals surface area contributed by atoms with Crippen molar-refractivity contribution in [3.63, 3.8) is 0 Å². The molecule has 1 saturated carbocycles. The molecule has 1 aliphatic rings. The molecule has 1 aliphatic carbocycles. The van der Waals surface area contributed by atoms with Crippen molar-refractivity contribution in [3.8, 4) is 0 Å². The van der Waals surface area contributed by atoms with Gasteiger partial charge >= 0.3 is 0 Å². The Hall–Kier alpha value is -1.62. The maximum Gasteiger partial charge on any atom is 0.250 e. The van der Waals surface area contributed by atoms with Gasteiger partial charge in [-0.3, -0.25) is 4.79 Å². The molecule has 1 fully saturated rings. The van der Waals surface area contributed by atoms with Crippen molar-refractivity contribution in [2.24, 2.45) is 17.4 Å². The monoisotopic (exact) mass is 251 g/mol. The molecule has 1 amide bonds. The molecule has 0 radical (unpaired) electrons. The Labute approximate surface area is 106 Å². The Morgan fingerprint density at radius 3 is 2.72 bits per heavy atom. The molecule has 18 heavy (non-hydrogen) atoms. The number of nitrogens with one attached hydrogen (secondary N) is 1. The van der Waals surface area contributed by atoms with Crippen LogP contribution >= 0.6 is 0 Å². The van der Waals surface area contributed by atoms with Crippen LogP contribution in [0.25, 0.3) is 0 Å². The van der Waals surface area contributed by atoms with Gasteiger partial charge in [0.1, 0.15) is 5.82 Å². The average Bonchev–Trinajstić information content (AvgIpc) is 3.15. The molecule has 0 aromatic heterocycles. The van der Waals surface area contributed by atoms with Crippen molar-refractivity contribution in [3.05, 3.63) is 29.6 Å². The maximum absolute atomic E-state index is 13.1. The quantitative estimate of drug-likeness (QED) is 0.741. The van der Waals surface area contributed by atoms with E-state index in [0.29, 0.717) is 18.2 Å². The first-order valence-electron chi connectivity index (χ1n) is 6.04. The fraction of sp³-hybridized carbons (Fsp3) is 0.462. The summed E-state index contributed by atoms with van der Waals surface area (Å²) in [6.45, 7) is 2.46. The number of hydrogen-bond donors (Lipinski definition) is 3. The van der Waals surface area contributed by atoms with Crippen molar-refractivity contribution in [1.82, 2.24) is 0 Å². The van der Waals surface area contributed by atoms with E-state index in [9.17, 15) is 9.18 Å². The molecular weight excluding hydrogens is 233 g/mol. The molecule has 0 spiro atoms. The minimum Gasteiger partial charge on any atom is -0.378 e. The van der Waals surface area contributed by atoms with E-state index in [4.69, 9.17) is 11.5 Å². The van der Waals surface area contributed by atoms with Gasteiger partial charge in [0, 0.05) is 17.8 Å². The summed E-state index contributed by atoms with van der Waals surface area (Å²) in [5.41, 5.74) is 11.5. The molecule has 0 heterocycles. The number of primary amides is 1. The lowest BCUT2D eigenvalue weighted by Crippen LogP contribution is -2.45. The van der Waals surface area contributed by atoms with E-state index in [1.54, 1.807) is 0 Å². The van der Waals surface area contributed by atoms with Crippen LogP contribution in [0.5, 0.6) is 0 Å². The molecule has 1 atom stereocenters. The Morgan fingerprint density at radius 2 is 2.22 bits per heavy atom. The van der Waals surface area contributed by atoms with E-state index < -0.39 is 11.7 Å². The minimum absolute atomic E-state index is 0.162. The second kappa shape index (κ2) is 4.57. The number of amides is 1. The third-order valence-corrected chi connectivity index (χ3v) is 3.57. The van der Waals surface area contributed by atoms with Crippen LogP contribution in [0.2, 0.25) is 0 Å². The van der Waals surface area contributed by atoms with Crippen LogP contribution in [0.15, 0.2) is 18.2 Å². The topological polar surface area (TPSA) is 81.1 Å². The fourth-order valence-corrected chi connectivity index (χ4v) is 2.18. The van der Waals surface area contributed by atoms with Crippen molar-refractivity contribution in [2.45, 2.75) is 25.3 Å². The highest BCUT2D eigenvalue weighted by Gasteiger charge is 2.40. The van der Waals surface area contributed by atoms with Crippen molar-refractivity contribution >= 4 is 11.6 Å². The predicted molar refractivity (Wildman–Crippen MR) is 68.7 cm³/mol. The standard InChI is InChI=1S/C13H18FN3O/c1-13(7-15,8-2-3-8)17-11-5-4-9(14)6-10(11)12(16)18/h4-6,8,17H,2-3,7,15H2,1H3,(H2,16,18). The van der Waals surface area contributed by atoms with E-state index in [1.165, 1.54) is 12.1 Å². The van der Waals surface area contributed by atoms with Gasteiger partial charge in [-0.05, 0) is 43.9 Å². The molecule has 2 rings (SSSR count). The summed E-state index contributed by atoms with van der Waals surface area (Å²) in [6, 6.07) is 3.98. The van der Waals surface area contributed by atoms with E-state index in [0.717, 1.165) is 18.9 Å². The summed E-state index contributed by atoms with van der Waals surface area (Å²) in [4.78, 5) is 11.3. The normalized spacial score (nSPS) is 18.2. The van der Waals surface area contributed by atoms with Gasteiger partial charge in [-0.2, -0.15) is 0 Å². The summed E-state index contributed by atoms with van der Waals surface area (Å²) in [5.74, 6) is -0.629. The first kappa shape index (κ1) is 12.8. The van der Waals surface area contributed by atoms with E-state index in [-0.39, 0.29) is 11.1 Å². The summed E-state index contributed by atoms with van der Waals surface area (Å²) in [7, 11) is 0. The van der Waals surface area contributed by atoms with Crippen molar-refractivity contribution in [1.29, 1.82) is 0 Å². The van der Waals surface area contributed by atoms with Gasteiger partial charge in [-0.25, -0.2) is 4.39 Å². The van der Waals surface area contributed by atoms with Crippen LogP contribution in [0.1, 0.15) is 30.1 Å². The Bertz CT molecular complexity index is 473. The zero-order chi connectivity index (χ0) is 13.3. The first-order chi connectivity index (χ1) is 8.46. The third-order valence-electron chi connectivity index (χ3n) is 3.57. The molecule has 0 aliphatic heterocycles. The number of benzene rings is 1. The lowest BCUT2D eigenvalue weighted by molar-refractivity contribution is 0.100. The SMILES string of the molecule is CC(CN)(Nc1ccc(F)cc1C(N)=O)C1CC1. The smallest absolute Gasteiger partial charge is 0.250 e. The van der Waals surface area contributed by atoms with Crippen LogP contribution in [0.4, 0.5) is 10.1 Å². The maximum atomic E-state index is 13.1. The van der Waals surface area contributed by atoms with Gasteiger partial charge in [0.05, 0.1) is 5.56 Å². The fourth-order valence-electron chi connectivity index (χ4n) is 2.18. The van der Waals surface area contributed by atoms with Crippen LogP contribution in [-0.4, -0.2) is 18.0 Å². The molecule has 5 N–H and O–H groups in total. The summed E-state index contributed by atoms with van der Waals surface area (Å²) in [6.07, 6.45) is 2.24. The highest BCUT2D eigenvalue weighted by atomic mass is 19.1. The van der Waals surface area contributed by atoms with Crippen molar-refractivity contribution < 1.29 is 9.18 Å². The number of anilines is 1. The largest absolute Gasteiger partial charge is 0.378 e. The molecule has 98 valence electrons. The number of halogens is 1. The second-order valence-electron chi connectivity index (χ2n) is 5.08. The Kier molecular flexibility index (Phi) is 3.26. The number of hydrogen-bond acceptors (Lipinski definition) is 3. The minimum atomic E-state index is -0.646. The molecule has 5 heteroatoms. The lowest BCUT2D eigenvalue weighted by atomic mass is 9.95. The summed E-state index contributed by atoms with van der Waals surface area (Å²) >= 11 is 0. The van der Waals surface area contributed by atoms with Gasteiger partial charge < -0.3 is 16.8 Å². The number of nitrogens with two attached hydrogens (primary N) is 2. The highest BCUT2D eigenvalue weighted by molar-refractivity contribution is 5.98. The van der Waals surface area contributed by atoms with Crippen LogP contribution < -0.4 is 16.8 Å². The van der Waals surface area contributed by atoms with Crippen LogP contribution in [0.3, 0.4) is 0 Å². The van der Waals surface area contributed by atoms with E-state index in [2.05, 4.69) is 5.32 Å². The average molecular weight is 251 g/mol. The van der Waals surface area contributed by atoms with Gasteiger partial charge in [-0.15, -0.1) is 0 Å². The Balaban J connectivity index is 2.30. The Morgan fingerprint density at radius 1 is 1.56 bits per heavy atom. The van der Waals surface area contributed by atoms with Crippen molar-refractivity contribution in [2.75, 3.05) is 11.9 Å². The number of rotatable bonds is 5. The summed E-state index contributed by atoms with van der Waals surface area (Å²) < 4.78 is 13.1. The van der Waals surface area contributed by atoms with E-state index >= 15 is 0 Å². The lowest BCUT2D eigenvalue weighted by Gasteiger charge is -2.31. The van der Waals surface area contributed by atoms with Crippen LogP contribution in [0, 0.1) is 11.7 Å².